The molecule has 0 saturated heterocycles. The average molecular weight is 323 g/mol. The van der Waals surface area contributed by atoms with E-state index in [1.54, 1.807) is 13.8 Å². The Morgan fingerprint density at radius 3 is 2.15 bits per heavy atom. The van der Waals surface area contributed by atoms with Crippen molar-refractivity contribution < 1.29 is 19.1 Å². The lowest BCUT2D eigenvalue weighted by atomic mass is 10.1. The van der Waals surface area contributed by atoms with E-state index < -0.39 is 23.9 Å². The highest BCUT2D eigenvalue weighted by Gasteiger charge is 2.24. The molecule has 1 aromatic rings. The van der Waals surface area contributed by atoms with E-state index in [2.05, 4.69) is 10.6 Å². The molecule has 8 heteroatoms. The minimum atomic E-state index is -1.16. The Morgan fingerprint density at radius 1 is 1.25 bits per heavy atom. The molecule has 1 rings (SSSR count). The standard InChI is InChI=1S/C12H13Cl2FN2O3/c1-5(2)9(11(18)19)16-12(20)17-10-7(13)3-6(15)4-8(10)14/h3-5,9H,1-2H3,(H,18,19)(H2,16,17,20)/t9-/m0/s1. The van der Waals surface area contributed by atoms with Crippen LogP contribution in [0.2, 0.25) is 10.0 Å². The van der Waals surface area contributed by atoms with E-state index in [0.717, 1.165) is 12.1 Å². The fourth-order valence-corrected chi connectivity index (χ4v) is 2.02. The number of benzene rings is 1. The highest BCUT2D eigenvalue weighted by molar-refractivity contribution is 6.39. The number of halogens is 3. The van der Waals surface area contributed by atoms with Gasteiger partial charge in [-0.2, -0.15) is 0 Å². The Labute approximate surface area is 125 Å². The SMILES string of the molecule is CC(C)[C@H](NC(=O)Nc1c(Cl)cc(F)cc1Cl)C(=O)O. The fraction of sp³-hybridized carbons (Fsp3) is 0.333. The molecule has 0 heterocycles. The van der Waals surface area contributed by atoms with Crippen molar-refractivity contribution in [3.63, 3.8) is 0 Å². The summed E-state index contributed by atoms with van der Waals surface area (Å²) < 4.78 is 13.0. The maximum atomic E-state index is 13.0. The van der Waals surface area contributed by atoms with Gasteiger partial charge in [-0.3, -0.25) is 0 Å². The molecule has 0 aliphatic carbocycles. The molecule has 0 spiro atoms. The van der Waals surface area contributed by atoms with Gasteiger partial charge in [0, 0.05) is 0 Å². The first-order chi connectivity index (χ1) is 9.22. The van der Waals surface area contributed by atoms with Gasteiger partial charge in [0.25, 0.3) is 0 Å². The summed E-state index contributed by atoms with van der Waals surface area (Å²) in [6.45, 7) is 3.30. The molecule has 0 aliphatic heterocycles. The number of nitrogens with one attached hydrogen (secondary N) is 2. The summed E-state index contributed by atoms with van der Waals surface area (Å²) in [4.78, 5) is 22.7. The zero-order chi connectivity index (χ0) is 15.4. The number of anilines is 1. The number of rotatable bonds is 4. The topological polar surface area (TPSA) is 78.4 Å². The molecule has 0 aliphatic rings. The quantitative estimate of drug-likeness (QED) is 0.795. The van der Waals surface area contributed by atoms with Crippen LogP contribution in [0.4, 0.5) is 14.9 Å². The summed E-state index contributed by atoms with van der Waals surface area (Å²) in [5, 5.41) is 13.4. The molecular weight excluding hydrogens is 310 g/mol. The van der Waals surface area contributed by atoms with Crippen molar-refractivity contribution in [2.45, 2.75) is 19.9 Å². The minimum absolute atomic E-state index is 0.0140. The van der Waals surface area contributed by atoms with Gasteiger partial charge in [-0.15, -0.1) is 0 Å². The van der Waals surface area contributed by atoms with Gasteiger partial charge in [-0.25, -0.2) is 14.0 Å². The minimum Gasteiger partial charge on any atom is -0.480 e. The fourth-order valence-electron chi connectivity index (χ4n) is 1.47. The molecular formula is C12H13Cl2FN2O3. The van der Waals surface area contributed by atoms with Gasteiger partial charge in [0.2, 0.25) is 0 Å². The summed E-state index contributed by atoms with van der Waals surface area (Å²) >= 11 is 11.5. The maximum absolute atomic E-state index is 13.0. The molecule has 0 fully saturated rings. The van der Waals surface area contributed by atoms with Crippen LogP contribution < -0.4 is 10.6 Å². The van der Waals surface area contributed by atoms with Gasteiger partial charge in [0.05, 0.1) is 15.7 Å². The smallest absolute Gasteiger partial charge is 0.326 e. The lowest BCUT2D eigenvalue weighted by molar-refractivity contribution is -0.140. The molecule has 0 radical (unpaired) electrons. The number of aliphatic carboxylic acids is 1. The Bertz CT molecular complexity index is 514. The van der Waals surface area contributed by atoms with Gasteiger partial charge >= 0.3 is 12.0 Å². The van der Waals surface area contributed by atoms with E-state index >= 15 is 0 Å². The van der Waals surface area contributed by atoms with Crippen molar-refractivity contribution in [1.29, 1.82) is 0 Å². The largest absolute Gasteiger partial charge is 0.480 e. The highest BCUT2D eigenvalue weighted by Crippen LogP contribution is 2.31. The zero-order valence-electron chi connectivity index (χ0n) is 10.7. The zero-order valence-corrected chi connectivity index (χ0v) is 12.2. The maximum Gasteiger partial charge on any atom is 0.326 e. The van der Waals surface area contributed by atoms with Crippen LogP contribution in [0.1, 0.15) is 13.8 Å². The third-order valence-corrected chi connectivity index (χ3v) is 3.06. The number of carboxylic acids is 1. The van der Waals surface area contributed by atoms with Crippen molar-refractivity contribution in [3.8, 4) is 0 Å². The van der Waals surface area contributed by atoms with Crippen molar-refractivity contribution in [2.24, 2.45) is 5.92 Å². The highest BCUT2D eigenvalue weighted by atomic mass is 35.5. The number of urea groups is 1. The molecule has 0 saturated carbocycles. The summed E-state index contributed by atoms with van der Waals surface area (Å²) in [5.74, 6) is -2.11. The molecule has 2 amide bonds. The predicted molar refractivity (Wildman–Crippen MR) is 74.8 cm³/mol. The molecule has 0 bridgehead atoms. The van der Waals surface area contributed by atoms with E-state index in [1.807, 2.05) is 0 Å². The molecule has 1 atom stereocenters. The van der Waals surface area contributed by atoms with Crippen LogP contribution in [-0.4, -0.2) is 23.1 Å². The van der Waals surface area contributed by atoms with Crippen molar-refractivity contribution in [1.82, 2.24) is 5.32 Å². The van der Waals surface area contributed by atoms with Crippen LogP contribution in [0.15, 0.2) is 12.1 Å². The molecule has 20 heavy (non-hydrogen) atoms. The van der Waals surface area contributed by atoms with Crippen LogP contribution in [0.3, 0.4) is 0 Å². The molecule has 5 nitrogen and oxygen atoms in total. The lowest BCUT2D eigenvalue weighted by Gasteiger charge is -2.18. The van der Waals surface area contributed by atoms with Crippen molar-refractivity contribution in [2.75, 3.05) is 5.32 Å². The summed E-state index contributed by atoms with van der Waals surface area (Å²) in [6, 6.07) is 0.120. The van der Waals surface area contributed by atoms with Gasteiger partial charge in [-0.05, 0) is 18.1 Å². The summed E-state index contributed by atoms with van der Waals surface area (Å²) in [5.41, 5.74) is 0.0140. The third-order valence-electron chi connectivity index (χ3n) is 2.46. The summed E-state index contributed by atoms with van der Waals surface area (Å²) in [6.07, 6.45) is 0. The molecule has 0 aromatic heterocycles. The van der Waals surface area contributed by atoms with Crippen LogP contribution in [0, 0.1) is 11.7 Å². The Morgan fingerprint density at radius 2 is 1.75 bits per heavy atom. The number of hydrogen-bond acceptors (Lipinski definition) is 2. The normalized spacial score (nSPS) is 12.1. The van der Waals surface area contributed by atoms with Crippen LogP contribution in [0.25, 0.3) is 0 Å². The first kappa shape index (κ1) is 16.5. The number of carbonyl (C=O) groups excluding carboxylic acids is 1. The van der Waals surface area contributed by atoms with Crippen molar-refractivity contribution in [3.05, 3.63) is 28.0 Å². The van der Waals surface area contributed by atoms with E-state index in [0.29, 0.717) is 0 Å². The first-order valence-electron chi connectivity index (χ1n) is 5.67. The second-order valence-corrected chi connectivity index (χ2v) is 5.22. The Kier molecular flexibility index (Phi) is 5.59. The van der Waals surface area contributed by atoms with Gasteiger partial charge < -0.3 is 15.7 Å². The number of carbonyl (C=O) groups is 2. The van der Waals surface area contributed by atoms with Crippen LogP contribution >= 0.6 is 23.2 Å². The van der Waals surface area contributed by atoms with Crippen molar-refractivity contribution >= 4 is 40.9 Å². The van der Waals surface area contributed by atoms with Gasteiger partial charge in [0.15, 0.2) is 0 Å². The van der Waals surface area contributed by atoms with Gasteiger partial charge in [0.1, 0.15) is 11.9 Å². The predicted octanol–water partition coefficient (Wildman–Crippen LogP) is 3.36. The average Bonchev–Trinajstić information content (AvgIpc) is 2.29. The number of carboxylic acid groups (broad SMARTS) is 1. The molecule has 3 N–H and O–H groups in total. The second-order valence-electron chi connectivity index (χ2n) is 4.40. The van der Waals surface area contributed by atoms with Crippen LogP contribution in [0.5, 0.6) is 0 Å². The third kappa shape index (κ3) is 4.25. The molecule has 110 valence electrons. The first-order valence-corrected chi connectivity index (χ1v) is 6.42. The molecule has 1 aromatic carbocycles. The number of hydrogen-bond donors (Lipinski definition) is 3. The van der Waals surface area contributed by atoms with E-state index in [9.17, 15) is 14.0 Å². The van der Waals surface area contributed by atoms with Crippen LogP contribution in [-0.2, 0) is 4.79 Å². The Balaban J connectivity index is 2.84. The lowest BCUT2D eigenvalue weighted by Crippen LogP contribution is -2.46. The monoisotopic (exact) mass is 322 g/mol. The Hall–Kier alpha value is -1.53. The molecule has 0 unspecified atom stereocenters. The van der Waals surface area contributed by atoms with Gasteiger partial charge in [-0.1, -0.05) is 37.0 Å². The van der Waals surface area contributed by atoms with E-state index in [1.165, 1.54) is 0 Å². The summed E-state index contributed by atoms with van der Waals surface area (Å²) in [7, 11) is 0. The van der Waals surface area contributed by atoms with E-state index in [4.69, 9.17) is 28.3 Å². The number of amides is 2. The second kappa shape index (κ2) is 6.76. The van der Waals surface area contributed by atoms with E-state index in [-0.39, 0.29) is 21.7 Å².